The first-order valence-corrected chi connectivity index (χ1v) is 2.61. The zero-order valence-corrected chi connectivity index (χ0v) is 7.44. The molecule has 0 saturated carbocycles. The topological polar surface area (TPSA) is 49.4 Å². The summed E-state index contributed by atoms with van der Waals surface area (Å²) in [6.07, 6.45) is 1.36. The zero-order chi connectivity index (χ0) is 5.70. The van der Waals surface area contributed by atoms with Gasteiger partial charge >= 0.3 is 0 Å². The van der Waals surface area contributed by atoms with Crippen LogP contribution in [0.3, 0.4) is 0 Å². The summed E-state index contributed by atoms with van der Waals surface area (Å²) in [7, 11) is 0. The van der Waals surface area contributed by atoms with Crippen LogP contribution in [0.2, 0.25) is 0 Å². The van der Waals surface area contributed by atoms with E-state index in [2.05, 4.69) is 10.8 Å². The van der Waals surface area contributed by atoms with E-state index >= 15 is 0 Å². The predicted molar refractivity (Wildman–Crippen MR) is 30.8 cm³/mol. The van der Waals surface area contributed by atoms with Crippen LogP contribution in [0.1, 0.15) is 0 Å². The molecule has 0 aliphatic rings. The van der Waals surface area contributed by atoms with Gasteiger partial charge in [0.15, 0.2) is 0 Å². The molecule has 0 rings (SSSR count). The van der Waals surface area contributed by atoms with E-state index in [-0.39, 0.29) is 36.2 Å². The first kappa shape index (κ1) is 11.6. The van der Waals surface area contributed by atoms with Gasteiger partial charge in [0.05, 0.1) is 18.0 Å². The second-order valence-electron chi connectivity index (χ2n) is 0.777. The third kappa shape index (κ3) is 9.94. The first-order chi connectivity index (χ1) is 3.27. The fourth-order valence-corrected chi connectivity index (χ4v) is 0.311. The van der Waals surface area contributed by atoms with Gasteiger partial charge in [-0.1, -0.05) is 6.08 Å². The molecule has 0 aromatic heterocycles. The molecule has 8 heavy (non-hydrogen) atoms. The van der Waals surface area contributed by atoms with E-state index in [0.717, 1.165) is 0 Å². The molecule has 0 aliphatic carbocycles. The number of rotatable bonds is 3. The zero-order valence-electron chi connectivity index (χ0n) is 4.62. The monoisotopic (exact) mass is 144 g/mol. The molecule has 0 fully saturated rings. The van der Waals surface area contributed by atoms with Gasteiger partial charge < -0.3 is 4.55 Å². The molecule has 0 bridgehead atoms. The molecular weight excluding hydrogens is 139 g/mol. The van der Waals surface area contributed by atoms with Crippen molar-refractivity contribution in [3.63, 3.8) is 0 Å². The van der Waals surface area contributed by atoms with Crippen LogP contribution in [0.5, 0.6) is 0 Å². The Bertz CT molecular complexity index is 84.6. The van der Waals surface area contributed by atoms with Crippen LogP contribution in [0.25, 0.3) is 0 Å². The van der Waals surface area contributed by atoms with Gasteiger partial charge in [-0.05, 0) is 0 Å². The smallest absolute Gasteiger partial charge is 0.0845 e. The van der Waals surface area contributed by atoms with Crippen molar-refractivity contribution in [1.29, 1.82) is 0 Å². The molecule has 0 amide bonds. The van der Waals surface area contributed by atoms with Crippen LogP contribution >= 0.6 is 0 Å². The molecule has 1 atom stereocenters. The molecule has 1 unspecified atom stereocenters. The van der Waals surface area contributed by atoms with Crippen molar-refractivity contribution in [3.05, 3.63) is 12.7 Å². The third-order valence-corrected chi connectivity index (χ3v) is 0.611. The molecule has 0 heterocycles. The molecular formula is C3H5NaO3S-. The number of hydrogen-bond donors (Lipinski definition) is 0. The van der Waals surface area contributed by atoms with Gasteiger partial charge in [-0.2, -0.15) is 0 Å². The van der Waals surface area contributed by atoms with E-state index in [0.29, 0.717) is 0 Å². The Morgan fingerprint density at radius 1 is 1.88 bits per heavy atom. The fourth-order valence-electron chi connectivity index (χ4n) is 0.104. The molecule has 0 spiro atoms. The molecule has 1 radical (unpaired) electrons. The Kier molecular flexibility index (Phi) is 11.3. The van der Waals surface area contributed by atoms with Gasteiger partial charge in [0.1, 0.15) is 0 Å². The van der Waals surface area contributed by atoms with Crippen LogP contribution in [-0.2, 0) is 15.5 Å². The average molecular weight is 144 g/mol. The molecule has 0 aliphatic heterocycles. The first-order valence-electron chi connectivity index (χ1n) is 1.61. The summed E-state index contributed by atoms with van der Waals surface area (Å²) in [5, 5.41) is 0. The predicted octanol–water partition coefficient (Wildman–Crippen LogP) is -0.398. The molecule has 0 aromatic rings. The Morgan fingerprint density at radius 2 is 2.38 bits per heavy atom. The summed E-state index contributed by atoms with van der Waals surface area (Å²) in [6.45, 7) is 3.29. The maximum atomic E-state index is 9.49. The summed E-state index contributed by atoms with van der Waals surface area (Å²) >= 11 is -2.39. The van der Waals surface area contributed by atoms with E-state index in [4.69, 9.17) is 0 Å². The number of hydrogen-bond acceptors (Lipinski definition) is 3. The quantitative estimate of drug-likeness (QED) is 0.307. The molecule has 0 aromatic carbocycles. The van der Waals surface area contributed by atoms with Crippen molar-refractivity contribution in [3.8, 4) is 0 Å². The summed E-state index contributed by atoms with van der Waals surface area (Å²) in [5.74, 6) is 0. The van der Waals surface area contributed by atoms with Gasteiger partial charge in [-0.3, -0.25) is 4.18 Å². The Hall–Kier alpha value is 0.810. The van der Waals surface area contributed by atoms with Crippen LogP contribution < -0.4 is 0 Å². The summed E-state index contributed by atoms with van der Waals surface area (Å²) in [4.78, 5) is 0. The minimum Gasteiger partial charge on any atom is -0.750 e. The summed E-state index contributed by atoms with van der Waals surface area (Å²) in [5.41, 5.74) is 0. The molecule has 5 heteroatoms. The van der Waals surface area contributed by atoms with Crippen molar-refractivity contribution in [1.82, 2.24) is 0 Å². The van der Waals surface area contributed by atoms with Gasteiger partial charge in [-0.15, -0.1) is 6.58 Å². The standard InChI is InChI=1S/C3H6O3S.Na/c1-2-3-6-7(4)5;/h2H,1,3H2,(H,4,5);/p-1. The van der Waals surface area contributed by atoms with Crippen molar-refractivity contribution in [2.75, 3.05) is 6.61 Å². The second kappa shape index (κ2) is 7.81. The van der Waals surface area contributed by atoms with E-state index in [9.17, 15) is 8.76 Å². The van der Waals surface area contributed by atoms with Crippen molar-refractivity contribution < 1.29 is 12.9 Å². The maximum Gasteiger partial charge on any atom is 0.0845 e. The average Bonchev–Trinajstić information content (AvgIpc) is 1.61. The van der Waals surface area contributed by atoms with Crippen molar-refractivity contribution in [2.24, 2.45) is 0 Å². The Morgan fingerprint density at radius 3 is 2.50 bits per heavy atom. The molecule has 0 saturated heterocycles. The summed E-state index contributed by atoms with van der Waals surface area (Å²) < 4.78 is 23.0. The minimum absolute atomic E-state index is 0. The maximum absolute atomic E-state index is 9.49. The van der Waals surface area contributed by atoms with Gasteiger partial charge in [0, 0.05) is 29.6 Å². The van der Waals surface area contributed by atoms with Crippen LogP contribution in [0, 0.1) is 0 Å². The minimum atomic E-state index is -2.39. The van der Waals surface area contributed by atoms with Gasteiger partial charge in [-0.25, -0.2) is 4.21 Å². The third-order valence-electron chi connectivity index (χ3n) is 0.282. The fraction of sp³-hybridized carbons (Fsp3) is 0.333. The molecule has 3 nitrogen and oxygen atoms in total. The van der Waals surface area contributed by atoms with E-state index in [1.54, 1.807) is 0 Å². The van der Waals surface area contributed by atoms with E-state index in [1.165, 1.54) is 6.08 Å². The largest absolute Gasteiger partial charge is 0.750 e. The van der Waals surface area contributed by atoms with Crippen molar-refractivity contribution in [2.45, 2.75) is 0 Å². The van der Waals surface area contributed by atoms with Gasteiger partial charge in [0.25, 0.3) is 0 Å². The normalized spacial score (nSPS) is 11.6. The van der Waals surface area contributed by atoms with E-state index < -0.39 is 11.4 Å². The van der Waals surface area contributed by atoms with Crippen LogP contribution in [0.15, 0.2) is 12.7 Å². The SMILES string of the molecule is C=CCOS(=O)[O-].[Na]. The van der Waals surface area contributed by atoms with Crippen LogP contribution in [-0.4, -0.2) is 44.9 Å². The molecule has 0 N–H and O–H groups in total. The Balaban J connectivity index is 0. The van der Waals surface area contributed by atoms with Gasteiger partial charge in [0.2, 0.25) is 0 Å². The second-order valence-corrected chi connectivity index (χ2v) is 1.42. The van der Waals surface area contributed by atoms with Crippen LogP contribution in [0.4, 0.5) is 0 Å². The van der Waals surface area contributed by atoms with E-state index in [1.807, 2.05) is 0 Å². The summed E-state index contributed by atoms with van der Waals surface area (Å²) in [6, 6.07) is 0. The Labute approximate surface area is 72.9 Å². The van der Waals surface area contributed by atoms with Crippen molar-refractivity contribution >= 4 is 40.9 Å². The molecule has 43 valence electrons.